The number of hydrogen-bond acceptors (Lipinski definition) is 1. The lowest BCUT2D eigenvalue weighted by Crippen LogP contribution is -1.74. The highest BCUT2D eigenvalue weighted by atomic mass is 14.6. The second-order valence-corrected chi connectivity index (χ2v) is 2.01. The molecule has 0 aliphatic carbocycles. The van der Waals surface area contributed by atoms with E-state index in [4.69, 9.17) is 0 Å². The van der Waals surface area contributed by atoms with Gasteiger partial charge in [0.25, 0.3) is 0 Å². The van der Waals surface area contributed by atoms with Gasteiger partial charge in [-0.15, -0.1) is 0 Å². The summed E-state index contributed by atoms with van der Waals surface area (Å²) >= 11 is 0. The highest BCUT2D eigenvalue weighted by molar-refractivity contribution is 5.79. The van der Waals surface area contributed by atoms with Crippen molar-refractivity contribution < 1.29 is 0 Å². The Morgan fingerprint density at radius 2 is 1.90 bits per heavy atom. The molecule has 0 aliphatic heterocycles. The molecule has 10 heavy (non-hydrogen) atoms. The Hall–Kier alpha value is -1.37. The molecule has 0 atom stereocenters. The maximum atomic E-state index is 3.71. The van der Waals surface area contributed by atoms with Crippen molar-refractivity contribution in [2.45, 2.75) is 0 Å². The lowest BCUT2D eigenvalue weighted by molar-refractivity contribution is 1.33. The van der Waals surface area contributed by atoms with Crippen molar-refractivity contribution in [3.05, 3.63) is 42.7 Å². The first-order chi connectivity index (χ1) is 4.97. The van der Waals surface area contributed by atoms with E-state index >= 15 is 0 Å². The minimum atomic E-state index is 0.987. The minimum Gasteiger partial charge on any atom is -0.243 e. The third-order valence-corrected chi connectivity index (χ3v) is 1.35. The van der Waals surface area contributed by atoms with Crippen LogP contribution < -0.4 is 0 Å². The molecule has 2 rings (SSSR count). The van der Waals surface area contributed by atoms with Gasteiger partial charge in [-0.1, -0.05) is 24.3 Å². The molecule has 0 saturated carbocycles. The smallest absolute Gasteiger partial charge is 0.0987 e. The van der Waals surface area contributed by atoms with Crippen LogP contribution in [0.3, 0.4) is 0 Å². The maximum Gasteiger partial charge on any atom is 0.0987 e. The third kappa shape index (κ3) is 0.760. The van der Waals surface area contributed by atoms with Crippen LogP contribution in [-0.4, -0.2) is 4.98 Å². The van der Waals surface area contributed by atoms with Crippen molar-refractivity contribution in [2.75, 3.05) is 0 Å². The second kappa shape index (κ2) is 2.10. The van der Waals surface area contributed by atoms with E-state index in [2.05, 4.69) is 23.4 Å². The summed E-state index contributed by atoms with van der Waals surface area (Å²) < 4.78 is 0. The Morgan fingerprint density at radius 1 is 1.10 bits per heavy atom. The number of aromatic nitrogens is 1. The van der Waals surface area contributed by atoms with Crippen LogP contribution in [0, 0.1) is 18.5 Å². The SMILES string of the molecule is [c]1[c]c2ccccc2[c]n1. The van der Waals surface area contributed by atoms with Gasteiger partial charge in [-0.2, -0.15) is 0 Å². The average Bonchev–Trinajstić information content (AvgIpc) is 2.05. The number of rotatable bonds is 0. The molecule has 2 aromatic rings. The fraction of sp³-hybridized carbons (Fsp3) is 0. The molecule has 0 saturated heterocycles. The lowest BCUT2D eigenvalue weighted by atomic mass is 10.2. The summed E-state index contributed by atoms with van der Waals surface area (Å²) in [6.07, 6.45) is 5.42. The molecule has 1 nitrogen and oxygen atoms in total. The van der Waals surface area contributed by atoms with Gasteiger partial charge in [0.05, 0.1) is 12.4 Å². The topological polar surface area (TPSA) is 12.9 Å². The molecule has 45 valence electrons. The zero-order chi connectivity index (χ0) is 6.81. The van der Waals surface area contributed by atoms with Gasteiger partial charge in [-0.05, 0) is 5.39 Å². The van der Waals surface area contributed by atoms with E-state index in [1.54, 1.807) is 0 Å². The summed E-state index contributed by atoms with van der Waals surface area (Å²) in [6, 6.07) is 10.7. The molecule has 0 unspecified atom stereocenters. The van der Waals surface area contributed by atoms with Gasteiger partial charge >= 0.3 is 0 Å². The lowest BCUT2D eigenvalue weighted by Gasteiger charge is -1.89. The summed E-state index contributed by atoms with van der Waals surface area (Å²) in [4.78, 5) is 3.71. The second-order valence-electron chi connectivity index (χ2n) is 2.01. The van der Waals surface area contributed by atoms with Crippen LogP contribution in [0.4, 0.5) is 0 Å². The van der Waals surface area contributed by atoms with E-state index in [1.807, 2.05) is 24.3 Å². The summed E-state index contributed by atoms with van der Waals surface area (Å²) in [5, 5.41) is 2.00. The van der Waals surface area contributed by atoms with Crippen molar-refractivity contribution in [3.63, 3.8) is 0 Å². The molecular formula is C9H4N. The molecule has 1 heterocycles. The van der Waals surface area contributed by atoms with Crippen LogP contribution in [0.5, 0.6) is 0 Å². The van der Waals surface area contributed by atoms with E-state index < -0.39 is 0 Å². The van der Waals surface area contributed by atoms with Gasteiger partial charge in [0, 0.05) is 11.5 Å². The zero-order valence-corrected chi connectivity index (χ0v) is 5.26. The number of fused-ring (bicyclic) bond motifs is 1. The van der Waals surface area contributed by atoms with Crippen molar-refractivity contribution in [3.8, 4) is 0 Å². The number of benzene rings is 1. The predicted molar refractivity (Wildman–Crippen MR) is 38.3 cm³/mol. The zero-order valence-electron chi connectivity index (χ0n) is 5.26. The molecule has 1 aromatic heterocycles. The Labute approximate surface area is 59.3 Å². The first-order valence-electron chi connectivity index (χ1n) is 3.02. The Kier molecular flexibility index (Phi) is 1.14. The van der Waals surface area contributed by atoms with Crippen molar-refractivity contribution >= 4 is 10.8 Å². The Morgan fingerprint density at radius 3 is 2.70 bits per heavy atom. The van der Waals surface area contributed by atoms with Crippen LogP contribution in [0.15, 0.2) is 24.3 Å². The fourth-order valence-electron chi connectivity index (χ4n) is 0.866. The minimum absolute atomic E-state index is 0.987. The summed E-state index contributed by atoms with van der Waals surface area (Å²) in [7, 11) is 0. The first-order valence-corrected chi connectivity index (χ1v) is 3.02. The molecule has 0 fully saturated rings. The van der Waals surface area contributed by atoms with Crippen molar-refractivity contribution in [1.29, 1.82) is 0 Å². The standard InChI is InChI=1S/C9H4N/c1-2-4-9-7-10-6-5-8(9)3-1/h1-4H. The van der Waals surface area contributed by atoms with Crippen LogP contribution in [0.25, 0.3) is 10.8 Å². The quantitative estimate of drug-likeness (QED) is 0.522. The molecule has 0 spiro atoms. The van der Waals surface area contributed by atoms with Gasteiger partial charge in [-0.25, -0.2) is 4.98 Å². The normalized spacial score (nSPS) is 10.0. The predicted octanol–water partition coefficient (Wildman–Crippen LogP) is 1.64. The van der Waals surface area contributed by atoms with Crippen LogP contribution in [-0.2, 0) is 0 Å². The molecule has 1 heteroatoms. The van der Waals surface area contributed by atoms with Crippen LogP contribution in [0.1, 0.15) is 0 Å². The van der Waals surface area contributed by atoms with E-state index in [9.17, 15) is 0 Å². The van der Waals surface area contributed by atoms with Gasteiger partial charge in [0.15, 0.2) is 0 Å². The summed E-state index contributed by atoms with van der Waals surface area (Å²) in [6.45, 7) is 0. The van der Waals surface area contributed by atoms with E-state index in [0.717, 1.165) is 10.8 Å². The van der Waals surface area contributed by atoms with Crippen molar-refractivity contribution in [2.24, 2.45) is 0 Å². The monoisotopic (exact) mass is 126 g/mol. The highest BCUT2D eigenvalue weighted by Crippen LogP contribution is 2.07. The molecular weight excluding hydrogens is 122 g/mol. The number of hydrogen-bond donors (Lipinski definition) is 0. The van der Waals surface area contributed by atoms with Gasteiger partial charge < -0.3 is 0 Å². The third-order valence-electron chi connectivity index (χ3n) is 1.35. The largest absolute Gasteiger partial charge is 0.243 e. The van der Waals surface area contributed by atoms with Crippen LogP contribution in [0.2, 0.25) is 0 Å². The van der Waals surface area contributed by atoms with Gasteiger partial charge in [0.2, 0.25) is 0 Å². The molecule has 0 bridgehead atoms. The van der Waals surface area contributed by atoms with Gasteiger partial charge in [-0.3, -0.25) is 0 Å². The molecule has 3 radical (unpaired) electrons. The van der Waals surface area contributed by atoms with Crippen LogP contribution >= 0.6 is 0 Å². The highest BCUT2D eigenvalue weighted by Gasteiger charge is 1.88. The number of nitrogens with zero attached hydrogens (tertiary/aromatic N) is 1. The summed E-state index contributed by atoms with van der Waals surface area (Å²) in [5.41, 5.74) is 0. The Bertz CT molecular complexity index is 276. The molecule has 0 amide bonds. The Balaban J connectivity index is 2.89. The summed E-state index contributed by atoms with van der Waals surface area (Å²) in [5.74, 6) is 0. The maximum absolute atomic E-state index is 3.71. The average molecular weight is 126 g/mol. The van der Waals surface area contributed by atoms with E-state index in [0.29, 0.717) is 0 Å². The number of pyridine rings is 1. The molecule has 0 aliphatic rings. The van der Waals surface area contributed by atoms with Crippen molar-refractivity contribution in [1.82, 2.24) is 4.98 Å². The van der Waals surface area contributed by atoms with Gasteiger partial charge in [0.1, 0.15) is 0 Å². The van der Waals surface area contributed by atoms with E-state index in [-0.39, 0.29) is 0 Å². The molecule has 0 N–H and O–H groups in total. The molecule has 1 aromatic carbocycles. The van der Waals surface area contributed by atoms with E-state index in [1.165, 1.54) is 0 Å². The fourth-order valence-corrected chi connectivity index (χ4v) is 0.866. The first kappa shape index (κ1) is 5.42.